The van der Waals surface area contributed by atoms with Crippen molar-refractivity contribution in [2.45, 2.75) is 19.8 Å². The van der Waals surface area contributed by atoms with E-state index in [0.717, 1.165) is 11.3 Å². The Hall–Kier alpha value is -2.48. The Morgan fingerprint density at radius 1 is 0.964 bits per heavy atom. The summed E-state index contributed by atoms with van der Waals surface area (Å²) >= 11 is 11.7. The summed E-state index contributed by atoms with van der Waals surface area (Å²) in [5, 5.41) is 19.0. The number of carbonyl (C=O) groups is 2. The molecule has 2 aromatic rings. The van der Waals surface area contributed by atoms with Gasteiger partial charge in [-0.3, -0.25) is 5.21 Å². The van der Waals surface area contributed by atoms with Crippen LogP contribution in [-0.2, 0) is 0 Å². The number of rotatable bonds is 7. The molecule has 2 aromatic carbocycles. The van der Waals surface area contributed by atoms with Crippen molar-refractivity contribution in [1.82, 2.24) is 10.6 Å². The molecule has 0 heterocycles. The minimum atomic E-state index is -0.677. The molecule has 0 fully saturated rings. The Balaban J connectivity index is 1.61. The molecule has 0 aliphatic rings. The van der Waals surface area contributed by atoms with Gasteiger partial charge < -0.3 is 16.0 Å². The number of hydrogen-bond acceptors (Lipinski definition) is 3. The van der Waals surface area contributed by atoms with E-state index in [1.165, 1.54) is 18.2 Å². The standard InChI is InChI=1S/C19H22Cl2N4O3/c1-13-4-6-14(7-5-13)24-18(26)22-10-2-3-11-23-19(27)25(28)15-8-9-16(20)17(21)12-15/h4-9,12,28H,2-3,10-11H2,1H3,(H,23,27)(H2,22,24,26). The molecule has 4 N–H and O–H groups in total. The molecule has 0 saturated heterocycles. The van der Waals surface area contributed by atoms with Crippen LogP contribution in [0, 0.1) is 6.92 Å². The van der Waals surface area contributed by atoms with Gasteiger partial charge in [0.2, 0.25) is 0 Å². The topological polar surface area (TPSA) is 93.7 Å². The van der Waals surface area contributed by atoms with Crippen LogP contribution in [0.4, 0.5) is 21.0 Å². The zero-order chi connectivity index (χ0) is 20.5. The first kappa shape index (κ1) is 21.8. The summed E-state index contributed by atoms with van der Waals surface area (Å²) in [5.41, 5.74) is 2.05. The number of carbonyl (C=O) groups excluding carboxylic acids is 2. The van der Waals surface area contributed by atoms with Gasteiger partial charge in [0.05, 0.1) is 15.7 Å². The fourth-order valence-corrected chi connectivity index (χ4v) is 2.56. The highest BCUT2D eigenvalue weighted by Crippen LogP contribution is 2.26. The van der Waals surface area contributed by atoms with Gasteiger partial charge >= 0.3 is 12.1 Å². The molecule has 28 heavy (non-hydrogen) atoms. The number of nitrogens with zero attached hydrogens (tertiary/aromatic N) is 1. The highest BCUT2D eigenvalue weighted by atomic mass is 35.5. The van der Waals surface area contributed by atoms with E-state index < -0.39 is 6.03 Å². The Morgan fingerprint density at radius 2 is 1.61 bits per heavy atom. The highest BCUT2D eigenvalue weighted by molar-refractivity contribution is 6.42. The van der Waals surface area contributed by atoms with Crippen molar-refractivity contribution in [2.75, 3.05) is 23.5 Å². The van der Waals surface area contributed by atoms with Gasteiger partial charge in [0, 0.05) is 18.8 Å². The highest BCUT2D eigenvalue weighted by Gasteiger charge is 2.13. The van der Waals surface area contributed by atoms with E-state index in [1.807, 2.05) is 31.2 Å². The molecule has 7 nitrogen and oxygen atoms in total. The summed E-state index contributed by atoms with van der Waals surface area (Å²) in [4.78, 5) is 23.7. The van der Waals surface area contributed by atoms with Gasteiger partial charge in [0.15, 0.2) is 0 Å². The molecule has 0 spiro atoms. The number of urea groups is 2. The Kier molecular flexibility index (Phi) is 8.38. The van der Waals surface area contributed by atoms with Crippen molar-refractivity contribution in [3.8, 4) is 0 Å². The molecule has 0 bridgehead atoms. The second-order valence-electron chi connectivity index (χ2n) is 6.10. The number of halogens is 2. The third-order valence-electron chi connectivity index (χ3n) is 3.81. The van der Waals surface area contributed by atoms with Crippen LogP contribution in [0.1, 0.15) is 18.4 Å². The molecule has 0 atom stereocenters. The largest absolute Gasteiger partial charge is 0.345 e. The van der Waals surface area contributed by atoms with E-state index >= 15 is 0 Å². The number of unbranched alkanes of at least 4 members (excludes halogenated alkanes) is 1. The number of aryl methyl sites for hydroxylation is 1. The summed E-state index contributed by atoms with van der Waals surface area (Å²) in [6.45, 7) is 2.78. The van der Waals surface area contributed by atoms with Crippen molar-refractivity contribution >= 4 is 46.6 Å². The van der Waals surface area contributed by atoms with Crippen LogP contribution in [0.3, 0.4) is 0 Å². The molecule has 0 radical (unpaired) electrons. The number of hydroxylamine groups is 1. The number of hydrogen-bond donors (Lipinski definition) is 4. The van der Waals surface area contributed by atoms with Crippen molar-refractivity contribution in [1.29, 1.82) is 0 Å². The van der Waals surface area contributed by atoms with Crippen molar-refractivity contribution in [3.05, 3.63) is 58.1 Å². The Bertz CT molecular complexity index is 815. The zero-order valence-electron chi connectivity index (χ0n) is 15.3. The second kappa shape index (κ2) is 10.8. The summed E-state index contributed by atoms with van der Waals surface area (Å²) in [7, 11) is 0. The van der Waals surface area contributed by atoms with Gasteiger partial charge in [-0.15, -0.1) is 0 Å². The van der Waals surface area contributed by atoms with E-state index in [9.17, 15) is 14.8 Å². The van der Waals surface area contributed by atoms with Crippen molar-refractivity contribution < 1.29 is 14.8 Å². The second-order valence-corrected chi connectivity index (χ2v) is 6.91. The first-order valence-electron chi connectivity index (χ1n) is 8.70. The number of nitrogens with one attached hydrogen (secondary N) is 3. The first-order chi connectivity index (χ1) is 13.4. The smallest absolute Gasteiger partial charge is 0.338 e. The lowest BCUT2D eigenvalue weighted by Gasteiger charge is -2.16. The van der Waals surface area contributed by atoms with E-state index in [-0.39, 0.29) is 16.7 Å². The number of benzene rings is 2. The van der Waals surface area contributed by atoms with Gasteiger partial charge in [-0.2, -0.15) is 5.06 Å². The van der Waals surface area contributed by atoms with Crippen LogP contribution in [0.25, 0.3) is 0 Å². The van der Waals surface area contributed by atoms with E-state index in [4.69, 9.17) is 23.2 Å². The van der Waals surface area contributed by atoms with Crippen LogP contribution in [0.2, 0.25) is 10.0 Å². The molecular weight excluding hydrogens is 403 g/mol. The van der Waals surface area contributed by atoms with Gasteiger partial charge in [-0.05, 0) is 50.1 Å². The summed E-state index contributed by atoms with van der Waals surface area (Å²) in [5.74, 6) is 0. The number of amides is 4. The molecule has 2 rings (SSSR count). The minimum absolute atomic E-state index is 0.210. The van der Waals surface area contributed by atoms with Crippen molar-refractivity contribution in [2.24, 2.45) is 0 Å². The third kappa shape index (κ3) is 6.92. The average molecular weight is 425 g/mol. The van der Waals surface area contributed by atoms with Gasteiger partial charge in [-0.1, -0.05) is 40.9 Å². The Labute approximate surface area is 173 Å². The zero-order valence-corrected chi connectivity index (χ0v) is 16.8. The summed E-state index contributed by atoms with van der Waals surface area (Å²) in [6.07, 6.45) is 1.30. The molecular formula is C19H22Cl2N4O3. The van der Waals surface area contributed by atoms with Crippen LogP contribution in [0.15, 0.2) is 42.5 Å². The molecule has 0 aliphatic heterocycles. The average Bonchev–Trinajstić information content (AvgIpc) is 2.67. The maximum Gasteiger partial charge on any atom is 0.345 e. The summed E-state index contributed by atoms with van der Waals surface area (Å²) < 4.78 is 0. The fourth-order valence-electron chi connectivity index (χ4n) is 2.27. The van der Waals surface area contributed by atoms with E-state index in [2.05, 4.69) is 16.0 Å². The predicted octanol–water partition coefficient (Wildman–Crippen LogP) is 4.81. The predicted molar refractivity (Wildman–Crippen MR) is 112 cm³/mol. The maximum absolute atomic E-state index is 11.9. The lowest BCUT2D eigenvalue weighted by atomic mass is 10.2. The molecule has 0 saturated carbocycles. The van der Waals surface area contributed by atoms with Crippen LogP contribution in [0.5, 0.6) is 0 Å². The van der Waals surface area contributed by atoms with Gasteiger partial charge in [0.25, 0.3) is 0 Å². The van der Waals surface area contributed by atoms with E-state index in [1.54, 1.807) is 0 Å². The van der Waals surface area contributed by atoms with Crippen LogP contribution >= 0.6 is 23.2 Å². The van der Waals surface area contributed by atoms with Crippen LogP contribution in [-0.4, -0.2) is 30.4 Å². The SMILES string of the molecule is Cc1ccc(NC(=O)NCCCCNC(=O)N(O)c2ccc(Cl)c(Cl)c2)cc1. The first-order valence-corrected chi connectivity index (χ1v) is 9.46. The van der Waals surface area contributed by atoms with Crippen molar-refractivity contribution in [3.63, 3.8) is 0 Å². The Morgan fingerprint density at radius 3 is 2.25 bits per heavy atom. The lowest BCUT2D eigenvalue weighted by molar-refractivity contribution is 0.204. The normalized spacial score (nSPS) is 10.3. The monoisotopic (exact) mass is 424 g/mol. The molecule has 4 amide bonds. The van der Waals surface area contributed by atoms with Crippen LogP contribution < -0.4 is 21.0 Å². The van der Waals surface area contributed by atoms with Gasteiger partial charge in [-0.25, -0.2) is 9.59 Å². The maximum atomic E-state index is 11.9. The van der Waals surface area contributed by atoms with E-state index in [0.29, 0.717) is 36.0 Å². The lowest BCUT2D eigenvalue weighted by Crippen LogP contribution is -2.38. The summed E-state index contributed by atoms with van der Waals surface area (Å²) in [6, 6.07) is 10.9. The fraction of sp³-hybridized carbons (Fsp3) is 0.263. The van der Waals surface area contributed by atoms with Gasteiger partial charge in [0.1, 0.15) is 0 Å². The third-order valence-corrected chi connectivity index (χ3v) is 4.55. The molecule has 9 heteroatoms. The molecule has 0 aromatic heterocycles. The number of anilines is 2. The quantitative estimate of drug-likeness (QED) is 0.291. The minimum Gasteiger partial charge on any atom is -0.338 e. The molecule has 0 unspecified atom stereocenters. The molecule has 150 valence electrons. The molecule has 0 aliphatic carbocycles.